The molecular formula is C14H21NO3. The third kappa shape index (κ3) is 4.20. The zero-order chi connectivity index (χ0) is 12.8. The highest BCUT2D eigenvalue weighted by molar-refractivity contribution is 5.43. The maximum Gasteiger partial charge on any atom is 0.121 e. The number of nitrogen functional groups attached to an aromatic ring is 1. The molecule has 100 valence electrons. The number of nitrogens with two attached hydrogens (primary N) is 1. The molecule has 1 aliphatic rings. The highest BCUT2D eigenvalue weighted by Crippen LogP contribution is 2.21. The van der Waals surface area contributed by atoms with Crippen LogP contribution in [0.3, 0.4) is 0 Å². The molecule has 0 bridgehead atoms. The fourth-order valence-corrected chi connectivity index (χ4v) is 2.15. The zero-order valence-electron chi connectivity index (χ0n) is 10.5. The summed E-state index contributed by atoms with van der Waals surface area (Å²) in [5, 5.41) is 9.76. The first kappa shape index (κ1) is 13.2. The van der Waals surface area contributed by atoms with Gasteiger partial charge in [-0.25, -0.2) is 0 Å². The molecule has 18 heavy (non-hydrogen) atoms. The molecule has 1 aromatic carbocycles. The Labute approximate surface area is 108 Å². The number of hydrogen-bond donors (Lipinski definition) is 2. The number of aliphatic hydroxyl groups excluding tert-OH is 1. The van der Waals surface area contributed by atoms with Gasteiger partial charge in [0.2, 0.25) is 0 Å². The van der Waals surface area contributed by atoms with E-state index in [0.29, 0.717) is 24.1 Å². The smallest absolute Gasteiger partial charge is 0.121 e. The maximum atomic E-state index is 9.76. The lowest BCUT2D eigenvalue weighted by atomic mass is 10.3. The van der Waals surface area contributed by atoms with Gasteiger partial charge in [-0.1, -0.05) is 18.9 Å². The molecule has 3 N–H and O–H groups in total. The second-order valence-corrected chi connectivity index (χ2v) is 4.78. The Morgan fingerprint density at radius 2 is 2.06 bits per heavy atom. The summed E-state index contributed by atoms with van der Waals surface area (Å²) < 4.78 is 11.1. The minimum absolute atomic E-state index is 0.232. The molecular weight excluding hydrogens is 230 g/mol. The van der Waals surface area contributed by atoms with E-state index in [0.717, 1.165) is 12.8 Å². The van der Waals surface area contributed by atoms with Crippen LogP contribution in [-0.2, 0) is 4.74 Å². The standard InChI is InChI=1S/C14H21NO3/c15-11-4-3-7-14(8-11)18-10-12(16)9-17-13-5-1-2-6-13/h3-4,7-8,12-13,16H,1-2,5-6,9-10,15H2. The van der Waals surface area contributed by atoms with Crippen LogP contribution < -0.4 is 10.5 Å². The highest BCUT2D eigenvalue weighted by Gasteiger charge is 2.17. The van der Waals surface area contributed by atoms with Crippen LogP contribution >= 0.6 is 0 Å². The second-order valence-electron chi connectivity index (χ2n) is 4.78. The summed E-state index contributed by atoms with van der Waals surface area (Å²) in [6.07, 6.45) is 4.44. The van der Waals surface area contributed by atoms with Crippen molar-refractivity contribution in [3.63, 3.8) is 0 Å². The average molecular weight is 251 g/mol. The number of aliphatic hydroxyl groups is 1. The number of hydrogen-bond acceptors (Lipinski definition) is 4. The monoisotopic (exact) mass is 251 g/mol. The summed E-state index contributed by atoms with van der Waals surface area (Å²) in [4.78, 5) is 0. The lowest BCUT2D eigenvalue weighted by Gasteiger charge is -2.16. The molecule has 0 aromatic heterocycles. The van der Waals surface area contributed by atoms with Crippen molar-refractivity contribution in [2.75, 3.05) is 18.9 Å². The Kier molecular flexibility index (Phi) is 4.84. The van der Waals surface area contributed by atoms with E-state index in [9.17, 15) is 5.11 Å². The molecule has 0 aliphatic heterocycles. The first-order chi connectivity index (χ1) is 8.74. The van der Waals surface area contributed by atoms with Gasteiger partial charge in [0.05, 0.1) is 12.7 Å². The third-order valence-electron chi connectivity index (χ3n) is 3.13. The number of anilines is 1. The summed E-state index contributed by atoms with van der Waals surface area (Å²) in [5.74, 6) is 0.676. The molecule has 2 rings (SSSR count). The van der Waals surface area contributed by atoms with Crippen molar-refractivity contribution >= 4 is 5.69 Å². The van der Waals surface area contributed by atoms with Crippen LogP contribution in [0.25, 0.3) is 0 Å². The van der Waals surface area contributed by atoms with Gasteiger partial charge >= 0.3 is 0 Å². The minimum atomic E-state index is -0.591. The Hall–Kier alpha value is -1.26. The summed E-state index contributed by atoms with van der Waals surface area (Å²) in [5.41, 5.74) is 6.30. The van der Waals surface area contributed by atoms with Gasteiger partial charge in [0.25, 0.3) is 0 Å². The van der Waals surface area contributed by atoms with Crippen LogP contribution in [0.4, 0.5) is 5.69 Å². The van der Waals surface area contributed by atoms with E-state index >= 15 is 0 Å². The quantitative estimate of drug-likeness (QED) is 0.759. The van der Waals surface area contributed by atoms with E-state index < -0.39 is 6.10 Å². The Morgan fingerprint density at radius 1 is 1.28 bits per heavy atom. The molecule has 4 heteroatoms. The van der Waals surface area contributed by atoms with Crippen LogP contribution in [0.15, 0.2) is 24.3 Å². The number of rotatable bonds is 6. The molecule has 1 saturated carbocycles. The van der Waals surface area contributed by atoms with Crippen molar-refractivity contribution in [1.29, 1.82) is 0 Å². The van der Waals surface area contributed by atoms with Crippen molar-refractivity contribution in [3.05, 3.63) is 24.3 Å². The summed E-state index contributed by atoms with van der Waals surface area (Å²) in [6, 6.07) is 7.18. The molecule has 1 aliphatic carbocycles. The van der Waals surface area contributed by atoms with Gasteiger partial charge in [0, 0.05) is 11.8 Å². The Balaban J connectivity index is 1.66. The van der Waals surface area contributed by atoms with Crippen LogP contribution in [0, 0.1) is 0 Å². The summed E-state index contributed by atoms with van der Waals surface area (Å²) >= 11 is 0. The average Bonchev–Trinajstić information content (AvgIpc) is 2.87. The summed E-state index contributed by atoms with van der Waals surface area (Å²) in [6.45, 7) is 0.573. The molecule has 1 aromatic rings. The largest absolute Gasteiger partial charge is 0.491 e. The molecule has 0 heterocycles. The van der Waals surface area contributed by atoms with Crippen LogP contribution in [-0.4, -0.2) is 30.5 Å². The Morgan fingerprint density at radius 3 is 2.78 bits per heavy atom. The summed E-state index contributed by atoms with van der Waals surface area (Å²) in [7, 11) is 0. The van der Waals surface area contributed by atoms with Crippen molar-refractivity contribution in [3.8, 4) is 5.75 Å². The number of ether oxygens (including phenoxy) is 2. The molecule has 1 atom stereocenters. The van der Waals surface area contributed by atoms with Gasteiger partial charge in [-0.3, -0.25) is 0 Å². The van der Waals surface area contributed by atoms with Gasteiger partial charge in [-0.05, 0) is 25.0 Å². The minimum Gasteiger partial charge on any atom is -0.491 e. The predicted octanol–water partition coefficient (Wildman–Crippen LogP) is 1.97. The van der Waals surface area contributed by atoms with E-state index in [1.54, 1.807) is 12.1 Å². The van der Waals surface area contributed by atoms with Crippen LogP contribution in [0.2, 0.25) is 0 Å². The van der Waals surface area contributed by atoms with Crippen LogP contribution in [0.1, 0.15) is 25.7 Å². The van der Waals surface area contributed by atoms with Crippen molar-refractivity contribution in [1.82, 2.24) is 0 Å². The molecule has 0 spiro atoms. The van der Waals surface area contributed by atoms with Crippen molar-refractivity contribution in [2.45, 2.75) is 37.9 Å². The lowest BCUT2D eigenvalue weighted by Crippen LogP contribution is -2.26. The van der Waals surface area contributed by atoms with E-state index in [2.05, 4.69) is 0 Å². The predicted molar refractivity (Wildman–Crippen MR) is 70.6 cm³/mol. The van der Waals surface area contributed by atoms with Gasteiger partial charge in [-0.15, -0.1) is 0 Å². The van der Waals surface area contributed by atoms with Gasteiger partial charge < -0.3 is 20.3 Å². The van der Waals surface area contributed by atoms with Crippen molar-refractivity contribution < 1.29 is 14.6 Å². The van der Waals surface area contributed by atoms with E-state index in [1.165, 1.54) is 12.8 Å². The van der Waals surface area contributed by atoms with E-state index in [4.69, 9.17) is 15.2 Å². The first-order valence-electron chi connectivity index (χ1n) is 6.52. The maximum absolute atomic E-state index is 9.76. The number of benzene rings is 1. The Bertz CT molecular complexity index is 364. The second kappa shape index (κ2) is 6.61. The fraction of sp³-hybridized carbons (Fsp3) is 0.571. The lowest BCUT2D eigenvalue weighted by molar-refractivity contribution is -0.0218. The van der Waals surface area contributed by atoms with E-state index in [-0.39, 0.29) is 6.61 Å². The van der Waals surface area contributed by atoms with Gasteiger partial charge in [0.1, 0.15) is 18.5 Å². The molecule has 0 amide bonds. The zero-order valence-corrected chi connectivity index (χ0v) is 10.5. The van der Waals surface area contributed by atoms with Crippen molar-refractivity contribution in [2.24, 2.45) is 0 Å². The van der Waals surface area contributed by atoms with Crippen LogP contribution in [0.5, 0.6) is 5.75 Å². The van der Waals surface area contributed by atoms with Gasteiger partial charge in [-0.2, -0.15) is 0 Å². The third-order valence-corrected chi connectivity index (χ3v) is 3.13. The fourth-order valence-electron chi connectivity index (χ4n) is 2.15. The SMILES string of the molecule is Nc1cccc(OCC(O)COC2CCCC2)c1. The normalized spacial score (nSPS) is 17.8. The molecule has 1 fully saturated rings. The topological polar surface area (TPSA) is 64.7 Å². The molecule has 4 nitrogen and oxygen atoms in total. The first-order valence-corrected chi connectivity index (χ1v) is 6.52. The molecule has 0 radical (unpaired) electrons. The molecule has 0 saturated heterocycles. The highest BCUT2D eigenvalue weighted by atomic mass is 16.5. The van der Waals surface area contributed by atoms with E-state index in [1.807, 2.05) is 12.1 Å². The molecule has 1 unspecified atom stereocenters. The van der Waals surface area contributed by atoms with Gasteiger partial charge in [0.15, 0.2) is 0 Å².